The third kappa shape index (κ3) is 4.32. The first kappa shape index (κ1) is 18.6. The number of carbonyl (C=O) groups excluding carboxylic acids is 1. The predicted molar refractivity (Wildman–Crippen MR) is 103 cm³/mol. The predicted octanol–water partition coefficient (Wildman–Crippen LogP) is 3.69. The van der Waals surface area contributed by atoms with Crippen molar-refractivity contribution in [2.24, 2.45) is 5.92 Å². The van der Waals surface area contributed by atoms with Gasteiger partial charge < -0.3 is 9.47 Å². The fraction of sp³-hybridized carbons (Fsp3) is 0.571. The van der Waals surface area contributed by atoms with Gasteiger partial charge in [-0.15, -0.1) is 10.2 Å². The summed E-state index contributed by atoms with van der Waals surface area (Å²) in [6.07, 6.45) is 7.74. The average Bonchev–Trinajstić information content (AvgIpc) is 3.31. The van der Waals surface area contributed by atoms with Crippen LogP contribution in [0.5, 0.6) is 0 Å². The van der Waals surface area contributed by atoms with Crippen LogP contribution in [0.25, 0.3) is 0 Å². The Morgan fingerprint density at radius 2 is 2.00 bits per heavy atom. The van der Waals surface area contributed by atoms with Gasteiger partial charge in [0, 0.05) is 24.9 Å². The molecule has 1 unspecified atom stereocenters. The minimum atomic E-state index is 0.178. The SMILES string of the molecule is CCC(CC)C(=O)N1CCCC1CCc1nncn1Cc1ccccc1. The van der Waals surface area contributed by atoms with Gasteiger partial charge in [-0.2, -0.15) is 0 Å². The Morgan fingerprint density at radius 1 is 1.23 bits per heavy atom. The van der Waals surface area contributed by atoms with Gasteiger partial charge in [-0.25, -0.2) is 0 Å². The van der Waals surface area contributed by atoms with Crippen molar-refractivity contribution < 1.29 is 4.79 Å². The molecule has 1 atom stereocenters. The van der Waals surface area contributed by atoms with Crippen LogP contribution in [0.4, 0.5) is 0 Å². The maximum Gasteiger partial charge on any atom is 0.225 e. The normalized spacial score (nSPS) is 17.2. The Hall–Kier alpha value is -2.17. The lowest BCUT2D eigenvalue weighted by molar-refractivity contribution is -0.136. The third-order valence-electron chi connectivity index (χ3n) is 5.59. The van der Waals surface area contributed by atoms with Crippen molar-refractivity contribution >= 4 is 5.91 Å². The number of aromatic nitrogens is 3. The van der Waals surface area contributed by atoms with Gasteiger partial charge in [0.2, 0.25) is 5.91 Å². The second kappa shape index (κ2) is 8.97. The van der Waals surface area contributed by atoms with Gasteiger partial charge in [0.25, 0.3) is 0 Å². The summed E-state index contributed by atoms with van der Waals surface area (Å²) in [7, 11) is 0. The van der Waals surface area contributed by atoms with Crippen molar-refractivity contribution in [2.45, 2.75) is 65.0 Å². The zero-order valence-corrected chi connectivity index (χ0v) is 16.0. The number of aryl methyl sites for hydroxylation is 1. The van der Waals surface area contributed by atoms with Crippen LogP contribution in [0.3, 0.4) is 0 Å². The van der Waals surface area contributed by atoms with Crippen LogP contribution >= 0.6 is 0 Å². The first-order valence-electron chi connectivity index (χ1n) is 9.94. The number of hydrogen-bond donors (Lipinski definition) is 0. The highest BCUT2D eigenvalue weighted by atomic mass is 16.2. The van der Waals surface area contributed by atoms with Gasteiger partial charge in [0.05, 0.1) is 6.54 Å². The fourth-order valence-electron chi connectivity index (χ4n) is 3.98. The van der Waals surface area contributed by atoms with E-state index in [1.807, 2.05) is 12.4 Å². The van der Waals surface area contributed by atoms with Gasteiger partial charge in [0.1, 0.15) is 12.2 Å². The minimum Gasteiger partial charge on any atom is -0.339 e. The molecule has 1 saturated heterocycles. The van der Waals surface area contributed by atoms with E-state index in [0.717, 1.165) is 57.4 Å². The molecule has 0 N–H and O–H groups in total. The first-order chi connectivity index (χ1) is 12.7. The molecule has 1 aromatic heterocycles. The van der Waals surface area contributed by atoms with E-state index in [0.29, 0.717) is 11.9 Å². The minimum absolute atomic E-state index is 0.178. The standard InChI is InChI=1S/C21H30N4O/c1-3-18(4-2)21(26)25-14-8-11-19(25)12-13-20-23-22-16-24(20)15-17-9-6-5-7-10-17/h5-7,9-10,16,18-19H,3-4,8,11-15H2,1-2H3. The molecule has 0 bridgehead atoms. The molecule has 1 aromatic carbocycles. The summed E-state index contributed by atoms with van der Waals surface area (Å²) in [5, 5.41) is 8.43. The fourth-order valence-corrected chi connectivity index (χ4v) is 3.98. The van der Waals surface area contributed by atoms with E-state index < -0.39 is 0 Å². The molecule has 3 rings (SSSR count). The largest absolute Gasteiger partial charge is 0.339 e. The second-order valence-electron chi connectivity index (χ2n) is 7.24. The molecular weight excluding hydrogens is 324 g/mol. The van der Waals surface area contributed by atoms with Crippen LogP contribution in [0.1, 0.15) is 57.3 Å². The van der Waals surface area contributed by atoms with Crippen molar-refractivity contribution in [1.29, 1.82) is 0 Å². The van der Waals surface area contributed by atoms with Crippen LogP contribution in [0.2, 0.25) is 0 Å². The average molecular weight is 354 g/mol. The molecule has 2 heterocycles. The van der Waals surface area contributed by atoms with E-state index >= 15 is 0 Å². The zero-order valence-electron chi connectivity index (χ0n) is 16.0. The summed E-state index contributed by atoms with van der Waals surface area (Å²) >= 11 is 0. The number of rotatable bonds is 8. The number of benzene rings is 1. The molecule has 1 aliphatic rings. The van der Waals surface area contributed by atoms with Gasteiger partial charge in [0.15, 0.2) is 0 Å². The Bertz CT molecular complexity index is 693. The monoisotopic (exact) mass is 354 g/mol. The maximum atomic E-state index is 12.8. The zero-order chi connectivity index (χ0) is 18.4. The van der Waals surface area contributed by atoms with Gasteiger partial charge in [-0.1, -0.05) is 44.2 Å². The van der Waals surface area contributed by atoms with Gasteiger partial charge in [-0.3, -0.25) is 4.79 Å². The lowest BCUT2D eigenvalue weighted by atomic mass is 10.0. The third-order valence-corrected chi connectivity index (χ3v) is 5.59. The molecule has 5 heteroatoms. The summed E-state index contributed by atoms with van der Waals surface area (Å²) in [5.74, 6) is 1.54. The van der Waals surface area contributed by atoms with Crippen LogP contribution in [-0.4, -0.2) is 38.2 Å². The highest BCUT2D eigenvalue weighted by Crippen LogP contribution is 2.25. The van der Waals surface area contributed by atoms with E-state index in [1.54, 1.807) is 0 Å². The van der Waals surface area contributed by atoms with Crippen LogP contribution < -0.4 is 0 Å². The highest BCUT2D eigenvalue weighted by molar-refractivity contribution is 5.79. The topological polar surface area (TPSA) is 51.0 Å². The highest BCUT2D eigenvalue weighted by Gasteiger charge is 2.31. The number of likely N-dealkylation sites (tertiary alicyclic amines) is 1. The van der Waals surface area contributed by atoms with Gasteiger partial charge >= 0.3 is 0 Å². The number of amides is 1. The summed E-state index contributed by atoms with van der Waals surface area (Å²) < 4.78 is 2.12. The molecule has 2 aromatic rings. The van der Waals surface area contributed by atoms with E-state index in [2.05, 4.69) is 57.8 Å². The molecule has 0 spiro atoms. The Morgan fingerprint density at radius 3 is 2.73 bits per heavy atom. The number of hydrogen-bond acceptors (Lipinski definition) is 3. The quantitative estimate of drug-likeness (QED) is 0.726. The van der Waals surface area contributed by atoms with Crippen LogP contribution in [0, 0.1) is 5.92 Å². The molecule has 0 saturated carbocycles. The Balaban J connectivity index is 1.60. The Kier molecular flexibility index (Phi) is 6.42. The molecule has 0 radical (unpaired) electrons. The first-order valence-corrected chi connectivity index (χ1v) is 9.94. The summed E-state index contributed by atoms with van der Waals surface area (Å²) in [5.41, 5.74) is 1.25. The summed E-state index contributed by atoms with van der Waals surface area (Å²) in [6.45, 7) is 5.94. The molecular formula is C21H30N4O. The smallest absolute Gasteiger partial charge is 0.225 e. The van der Waals surface area contributed by atoms with E-state index in [1.165, 1.54) is 5.56 Å². The van der Waals surface area contributed by atoms with E-state index in [9.17, 15) is 4.79 Å². The number of carbonyl (C=O) groups is 1. The lowest BCUT2D eigenvalue weighted by Gasteiger charge is -2.28. The molecule has 1 fully saturated rings. The van der Waals surface area contributed by atoms with E-state index in [4.69, 9.17) is 0 Å². The van der Waals surface area contributed by atoms with Crippen molar-refractivity contribution in [1.82, 2.24) is 19.7 Å². The van der Waals surface area contributed by atoms with Crippen LogP contribution in [-0.2, 0) is 17.8 Å². The summed E-state index contributed by atoms with van der Waals surface area (Å²) in [6, 6.07) is 10.7. The van der Waals surface area contributed by atoms with Crippen molar-refractivity contribution in [3.05, 3.63) is 48.0 Å². The van der Waals surface area contributed by atoms with Crippen molar-refractivity contribution in [3.63, 3.8) is 0 Å². The van der Waals surface area contributed by atoms with Crippen LogP contribution in [0.15, 0.2) is 36.7 Å². The second-order valence-corrected chi connectivity index (χ2v) is 7.24. The van der Waals surface area contributed by atoms with Crippen molar-refractivity contribution in [3.8, 4) is 0 Å². The Labute approximate surface area is 156 Å². The molecule has 1 aliphatic heterocycles. The van der Waals surface area contributed by atoms with Gasteiger partial charge in [-0.05, 0) is 37.7 Å². The van der Waals surface area contributed by atoms with E-state index in [-0.39, 0.29) is 5.92 Å². The summed E-state index contributed by atoms with van der Waals surface area (Å²) in [4.78, 5) is 14.9. The molecule has 5 nitrogen and oxygen atoms in total. The van der Waals surface area contributed by atoms with Crippen molar-refractivity contribution in [2.75, 3.05) is 6.54 Å². The lowest BCUT2D eigenvalue weighted by Crippen LogP contribution is -2.39. The number of nitrogens with zero attached hydrogens (tertiary/aromatic N) is 4. The molecule has 140 valence electrons. The molecule has 0 aliphatic carbocycles. The molecule has 1 amide bonds. The maximum absolute atomic E-state index is 12.8. The molecule has 26 heavy (non-hydrogen) atoms.